The van der Waals surface area contributed by atoms with Crippen LogP contribution in [0.5, 0.6) is 0 Å². The van der Waals surface area contributed by atoms with Crippen LogP contribution in [0.2, 0.25) is 0 Å². The summed E-state index contributed by atoms with van der Waals surface area (Å²) in [6.07, 6.45) is 19.7. The maximum Gasteiger partial charge on any atom is 0.481 e. The predicted octanol–water partition coefficient (Wildman–Crippen LogP) is 4.81. The number of unbranched alkanes of at least 4 members (excludes halogenated alkanes) is 4. The molecule has 10 N–H and O–H groups in total. The number of aliphatic hydroxyl groups is 2. The lowest BCUT2D eigenvalue weighted by Crippen LogP contribution is -2.46. The minimum atomic E-state index is -5.58. The number of hydrogen-bond donors (Lipinski definition) is 9. The fourth-order valence-electron chi connectivity index (χ4n) is 6.29. The smallest absolute Gasteiger partial charge is 0.386 e. The number of hydrogen-bond acceptors (Lipinski definition) is 18. The zero-order chi connectivity index (χ0) is 51.1. The first-order valence-electron chi connectivity index (χ1n) is 22.2. The van der Waals surface area contributed by atoms with Crippen LogP contribution in [0.4, 0.5) is 5.82 Å². The Labute approximate surface area is 405 Å². The highest BCUT2D eigenvalue weighted by molar-refractivity contribution is 8.13. The molecule has 0 saturated carbocycles. The maximum atomic E-state index is 12.7. The summed E-state index contributed by atoms with van der Waals surface area (Å²) >= 11 is 1.11. The Bertz CT molecular complexity index is 2220. The van der Waals surface area contributed by atoms with Crippen molar-refractivity contribution in [3.63, 3.8) is 0 Å². The minimum absolute atomic E-state index is 0.0112. The number of carbonyl (C=O) groups is 3. The van der Waals surface area contributed by atoms with E-state index in [4.69, 9.17) is 19.5 Å². The van der Waals surface area contributed by atoms with Crippen molar-refractivity contribution in [2.75, 3.05) is 37.8 Å². The van der Waals surface area contributed by atoms with Gasteiger partial charge in [-0.3, -0.25) is 32.5 Å². The van der Waals surface area contributed by atoms with Crippen LogP contribution < -0.4 is 16.4 Å². The first-order chi connectivity index (χ1) is 32.6. The molecule has 0 bridgehead atoms. The van der Waals surface area contributed by atoms with E-state index in [1.165, 1.54) is 33.1 Å². The van der Waals surface area contributed by atoms with E-state index in [0.717, 1.165) is 61.1 Å². The van der Waals surface area contributed by atoms with Crippen molar-refractivity contribution in [3.05, 3.63) is 61.3 Å². The van der Waals surface area contributed by atoms with Crippen LogP contribution in [0, 0.1) is 5.41 Å². The predicted molar refractivity (Wildman–Crippen MR) is 256 cm³/mol. The number of nitrogens with two attached hydrogens (primary N) is 1. The normalized spacial score (nSPS) is 20.3. The molecule has 0 aliphatic carbocycles. The van der Waals surface area contributed by atoms with Gasteiger partial charge in [0.15, 0.2) is 22.8 Å². The molecular formula is C41H66N7O17P3S. The summed E-state index contributed by atoms with van der Waals surface area (Å²) in [6.45, 7) is 2.71. The van der Waals surface area contributed by atoms with Gasteiger partial charge in [0.05, 0.1) is 19.5 Å². The van der Waals surface area contributed by atoms with Gasteiger partial charge >= 0.3 is 23.5 Å². The van der Waals surface area contributed by atoms with Crippen molar-refractivity contribution < 1.29 is 80.5 Å². The van der Waals surface area contributed by atoms with Gasteiger partial charge in [0.2, 0.25) is 11.8 Å². The van der Waals surface area contributed by atoms with Gasteiger partial charge in [-0.25, -0.2) is 28.6 Å². The second-order valence-corrected chi connectivity index (χ2v) is 21.7. The zero-order valence-corrected chi connectivity index (χ0v) is 42.3. The van der Waals surface area contributed by atoms with Crippen molar-refractivity contribution in [2.24, 2.45) is 5.41 Å². The highest BCUT2D eigenvalue weighted by Crippen LogP contribution is 2.61. The summed E-state index contributed by atoms with van der Waals surface area (Å²) in [5.74, 6) is -1.09. The Hall–Kier alpha value is -3.48. The Morgan fingerprint density at radius 2 is 1.51 bits per heavy atom. The van der Waals surface area contributed by atoms with Crippen molar-refractivity contribution in [1.82, 2.24) is 30.2 Å². The minimum Gasteiger partial charge on any atom is -0.386 e. The molecule has 2 amide bonds. The molecule has 0 radical (unpaired) electrons. The molecule has 1 aliphatic rings. The number of ether oxygens (including phenoxy) is 1. The molecule has 1 fully saturated rings. The number of nitrogens with one attached hydrogen (secondary N) is 2. The molecule has 28 heteroatoms. The van der Waals surface area contributed by atoms with Gasteiger partial charge in [0.25, 0.3) is 0 Å². The number of carbonyl (C=O) groups excluding carboxylic acids is 3. The number of thioether (sulfide) groups is 1. The van der Waals surface area contributed by atoms with Crippen LogP contribution in [0.3, 0.4) is 0 Å². The molecule has 24 nitrogen and oxygen atoms in total. The molecule has 2 aromatic rings. The van der Waals surface area contributed by atoms with Crippen molar-refractivity contribution in [2.45, 2.75) is 122 Å². The monoisotopic (exact) mass is 1050 g/mol. The third-order valence-corrected chi connectivity index (χ3v) is 14.0. The van der Waals surface area contributed by atoms with Gasteiger partial charge in [-0.1, -0.05) is 94.0 Å². The van der Waals surface area contributed by atoms with Gasteiger partial charge in [0, 0.05) is 37.1 Å². The van der Waals surface area contributed by atoms with E-state index >= 15 is 0 Å². The van der Waals surface area contributed by atoms with Crippen LogP contribution >= 0.6 is 35.2 Å². The fraction of sp³-hybridized carbons (Fsp3) is 0.610. The summed E-state index contributed by atoms with van der Waals surface area (Å²) in [7, 11) is -16.4. The van der Waals surface area contributed by atoms with E-state index in [9.17, 15) is 57.9 Å². The van der Waals surface area contributed by atoms with Crippen LogP contribution in [0.25, 0.3) is 11.2 Å². The molecule has 69 heavy (non-hydrogen) atoms. The van der Waals surface area contributed by atoms with Crippen LogP contribution in [-0.4, -0.2) is 123 Å². The van der Waals surface area contributed by atoms with Gasteiger partial charge in [-0.2, -0.15) is 4.31 Å². The van der Waals surface area contributed by atoms with Gasteiger partial charge in [-0.05, 0) is 44.9 Å². The second-order valence-electron chi connectivity index (χ2n) is 16.3. The second kappa shape index (κ2) is 29.8. The van der Waals surface area contributed by atoms with Crippen molar-refractivity contribution >= 4 is 69.1 Å². The largest absolute Gasteiger partial charge is 0.481 e. The van der Waals surface area contributed by atoms with Crippen molar-refractivity contribution in [1.29, 1.82) is 0 Å². The number of fused-ring (bicyclic) bond motifs is 1. The molecule has 388 valence electrons. The van der Waals surface area contributed by atoms with E-state index < -0.39 is 84.6 Å². The Morgan fingerprint density at radius 3 is 2.14 bits per heavy atom. The fourth-order valence-corrected chi connectivity index (χ4v) is 9.84. The highest BCUT2D eigenvalue weighted by Gasteiger charge is 2.50. The van der Waals surface area contributed by atoms with Crippen molar-refractivity contribution in [3.8, 4) is 0 Å². The summed E-state index contributed by atoms with van der Waals surface area (Å²) in [4.78, 5) is 88.3. The average molecular weight is 1050 g/mol. The summed E-state index contributed by atoms with van der Waals surface area (Å²) in [5, 5.41) is 26.6. The molecule has 3 heterocycles. The van der Waals surface area contributed by atoms with Gasteiger partial charge < -0.3 is 50.9 Å². The number of rotatable bonds is 33. The molecule has 2 aromatic heterocycles. The molecule has 7 atom stereocenters. The lowest BCUT2D eigenvalue weighted by molar-refractivity contribution is -0.137. The van der Waals surface area contributed by atoms with E-state index in [0.29, 0.717) is 18.6 Å². The number of phosphoric acid groups is 3. The number of imidazole rings is 1. The van der Waals surface area contributed by atoms with Crippen LogP contribution in [0.1, 0.15) is 97.6 Å². The van der Waals surface area contributed by atoms with E-state index in [1.807, 2.05) is 0 Å². The topological polar surface area (TPSA) is 364 Å². The number of anilines is 1. The first-order valence-corrected chi connectivity index (χ1v) is 27.7. The quantitative estimate of drug-likeness (QED) is 0.0263. The molecule has 0 spiro atoms. The Balaban J connectivity index is 1.31. The number of nitrogen functional groups attached to an aromatic ring is 1. The summed E-state index contributed by atoms with van der Waals surface area (Å²) in [6, 6.07) is 0. The molecule has 1 saturated heterocycles. The lowest BCUT2D eigenvalue weighted by atomic mass is 9.87. The number of phosphoric ester groups is 3. The zero-order valence-electron chi connectivity index (χ0n) is 38.8. The summed E-state index contributed by atoms with van der Waals surface area (Å²) < 4.78 is 62.4. The molecule has 1 aliphatic heterocycles. The third kappa shape index (κ3) is 22.6. The van der Waals surface area contributed by atoms with Crippen LogP contribution in [0.15, 0.2) is 61.3 Å². The SMILES string of the molecule is CCCCC/C=C\C/C=C\C/C=C\C/C=C\CCCC(=O)SCCNC(=O)CCNC(=O)[C@H](O)C(C)(C)COP(=O)(O)OP(=O)(O)OC[C@H]1O[C@@H](n2cnc3c(N)ncnc32)[C@H](O)[C@@H]1OP(=O)(O)O. The van der Waals surface area contributed by atoms with Gasteiger partial charge in [-0.15, -0.1) is 0 Å². The summed E-state index contributed by atoms with van der Waals surface area (Å²) in [5.41, 5.74) is 4.27. The van der Waals surface area contributed by atoms with E-state index in [1.54, 1.807) is 0 Å². The lowest BCUT2D eigenvalue weighted by Gasteiger charge is -2.30. The standard InChI is InChI=1S/C41H66N7O17P3S/c1-4-5-6-7-8-9-10-11-12-13-14-15-16-17-18-19-20-21-32(50)69-25-24-43-31(49)22-23-44-39(53)36(52)41(2,3)27-62-68(59,60)65-67(57,58)61-26-30-35(64-66(54,55)56)34(51)40(63-30)48-29-47-33-37(42)45-28-46-38(33)48/h8-9,11-12,14-15,17-18,28-30,34-36,40,51-52H,4-7,10,13,16,19-27H2,1-3H3,(H,43,49)(H,44,53)(H,57,58)(H,59,60)(H2,42,45,46)(H2,54,55,56)/b9-8-,12-11-,15-14-,18-17-/t30-,34-,35-,36+,40-/m1/s1. The van der Waals surface area contributed by atoms with E-state index in [2.05, 4.69) is 90.0 Å². The first kappa shape index (κ1) is 59.8. The van der Waals surface area contributed by atoms with Crippen LogP contribution in [-0.2, 0) is 50.7 Å². The molecule has 0 aromatic carbocycles. The molecule has 2 unspecified atom stereocenters. The number of amides is 2. The van der Waals surface area contributed by atoms with Gasteiger partial charge in [0.1, 0.15) is 36.3 Å². The number of aromatic nitrogens is 4. The number of allylic oxidation sites excluding steroid dienone is 8. The average Bonchev–Trinajstić information content (AvgIpc) is 3.84. The third-order valence-electron chi connectivity index (χ3n) is 9.97. The molecule has 3 rings (SSSR count). The highest BCUT2D eigenvalue weighted by atomic mass is 32.2. The Morgan fingerprint density at radius 1 is 0.884 bits per heavy atom. The maximum absolute atomic E-state index is 12.7. The van der Waals surface area contributed by atoms with E-state index in [-0.39, 0.29) is 41.6 Å². The Kier molecular flexibility index (Phi) is 25.8. The molecular weight excluding hydrogens is 987 g/mol. The number of aliphatic hydroxyl groups excluding tert-OH is 2. The number of nitrogens with zero attached hydrogens (tertiary/aromatic N) is 4.